The Morgan fingerprint density at radius 1 is 1.33 bits per heavy atom. The molecule has 15 heavy (non-hydrogen) atoms. The smallest absolute Gasteiger partial charge is 0.189 e. The van der Waals surface area contributed by atoms with E-state index in [4.69, 9.17) is 5.73 Å². The number of hydrogen-bond donors (Lipinski definition) is 2. The van der Waals surface area contributed by atoms with Gasteiger partial charge in [-0.3, -0.25) is 4.79 Å². The van der Waals surface area contributed by atoms with Gasteiger partial charge in [-0.15, -0.1) is 0 Å². The number of nitrogens with one attached hydrogen (secondary N) is 1. The lowest BCUT2D eigenvalue weighted by atomic mass is 10.1. The molecule has 1 heterocycles. The van der Waals surface area contributed by atoms with Crippen LogP contribution in [0.5, 0.6) is 0 Å². The van der Waals surface area contributed by atoms with E-state index >= 15 is 0 Å². The van der Waals surface area contributed by atoms with Gasteiger partial charge in [-0.1, -0.05) is 0 Å². The van der Waals surface area contributed by atoms with Crippen molar-refractivity contribution in [2.45, 2.75) is 6.42 Å². The molecule has 0 unspecified atom stereocenters. The summed E-state index contributed by atoms with van der Waals surface area (Å²) in [7, 11) is 0. The third kappa shape index (κ3) is 1.89. The molecule has 1 aromatic heterocycles. The molecule has 0 spiro atoms. The fraction of sp³-hybridized carbons (Fsp3) is 0.182. The Labute approximate surface area is 85.7 Å². The summed E-state index contributed by atoms with van der Waals surface area (Å²) in [6.45, 7) is 0.475. The largest absolute Gasteiger partial charge is 0.358 e. The monoisotopic (exact) mass is 206 g/mol. The van der Waals surface area contributed by atoms with Gasteiger partial charge in [0.15, 0.2) is 5.43 Å². The van der Waals surface area contributed by atoms with Crippen molar-refractivity contribution in [1.82, 2.24) is 4.98 Å². The summed E-state index contributed by atoms with van der Waals surface area (Å²) in [5.41, 5.74) is 6.65. The molecular weight excluding hydrogens is 195 g/mol. The summed E-state index contributed by atoms with van der Waals surface area (Å²) in [4.78, 5) is 14.6. The molecule has 0 aliphatic heterocycles. The van der Waals surface area contributed by atoms with Gasteiger partial charge in [-0.05, 0) is 31.2 Å². The second-order valence-corrected chi connectivity index (χ2v) is 3.39. The molecule has 2 aromatic rings. The van der Waals surface area contributed by atoms with Crippen LogP contribution in [-0.4, -0.2) is 11.5 Å². The van der Waals surface area contributed by atoms with Crippen LogP contribution in [0.1, 0.15) is 5.69 Å². The molecule has 0 amide bonds. The number of benzene rings is 1. The average Bonchev–Trinajstić information content (AvgIpc) is 2.20. The average molecular weight is 206 g/mol. The highest BCUT2D eigenvalue weighted by atomic mass is 19.1. The van der Waals surface area contributed by atoms with E-state index in [1.165, 1.54) is 18.2 Å². The number of rotatable bonds is 2. The molecule has 78 valence electrons. The topological polar surface area (TPSA) is 58.9 Å². The molecule has 0 bridgehead atoms. The minimum absolute atomic E-state index is 0.174. The lowest BCUT2D eigenvalue weighted by Crippen LogP contribution is -2.10. The Bertz CT molecular complexity index is 548. The van der Waals surface area contributed by atoms with E-state index in [1.807, 2.05) is 0 Å². The van der Waals surface area contributed by atoms with Gasteiger partial charge in [0.25, 0.3) is 0 Å². The zero-order chi connectivity index (χ0) is 10.8. The van der Waals surface area contributed by atoms with Crippen LogP contribution in [0, 0.1) is 5.82 Å². The van der Waals surface area contributed by atoms with E-state index in [-0.39, 0.29) is 5.43 Å². The molecule has 0 saturated carbocycles. The van der Waals surface area contributed by atoms with Crippen molar-refractivity contribution in [2.75, 3.05) is 6.54 Å². The Morgan fingerprint density at radius 2 is 2.13 bits per heavy atom. The first-order valence-electron chi connectivity index (χ1n) is 4.72. The maximum absolute atomic E-state index is 12.9. The highest BCUT2D eigenvalue weighted by Gasteiger charge is 2.02. The third-order valence-electron chi connectivity index (χ3n) is 2.26. The number of nitrogens with two attached hydrogens (primary N) is 1. The van der Waals surface area contributed by atoms with Crippen molar-refractivity contribution < 1.29 is 4.39 Å². The SMILES string of the molecule is NCCc1cc(=O)c2cc(F)ccc2[nH]1. The highest BCUT2D eigenvalue weighted by Crippen LogP contribution is 2.10. The van der Waals surface area contributed by atoms with Gasteiger partial charge in [-0.25, -0.2) is 4.39 Å². The second kappa shape index (κ2) is 3.82. The Hall–Kier alpha value is -1.68. The summed E-state index contributed by atoms with van der Waals surface area (Å²) in [6, 6.07) is 5.59. The number of halogens is 1. The van der Waals surface area contributed by atoms with Crippen LogP contribution in [0.2, 0.25) is 0 Å². The number of aromatic amines is 1. The van der Waals surface area contributed by atoms with E-state index in [0.717, 1.165) is 5.69 Å². The van der Waals surface area contributed by atoms with Crippen molar-refractivity contribution in [1.29, 1.82) is 0 Å². The van der Waals surface area contributed by atoms with Crippen LogP contribution in [0.25, 0.3) is 10.9 Å². The molecule has 3 N–H and O–H groups in total. The molecule has 2 rings (SSSR count). The first kappa shape index (κ1) is 9.86. The van der Waals surface area contributed by atoms with Crippen molar-refractivity contribution in [2.24, 2.45) is 5.73 Å². The number of hydrogen-bond acceptors (Lipinski definition) is 2. The summed E-state index contributed by atoms with van der Waals surface area (Å²) < 4.78 is 12.9. The second-order valence-electron chi connectivity index (χ2n) is 3.39. The first-order valence-corrected chi connectivity index (χ1v) is 4.72. The lowest BCUT2D eigenvalue weighted by molar-refractivity contribution is 0.629. The standard InChI is InChI=1S/C11H11FN2O/c12-7-1-2-10-9(5-7)11(15)6-8(14-10)3-4-13/h1-2,5-6H,3-4,13H2,(H,14,15). The van der Waals surface area contributed by atoms with Gasteiger partial charge in [0.2, 0.25) is 0 Å². The van der Waals surface area contributed by atoms with Crippen molar-refractivity contribution in [3.05, 3.63) is 46.0 Å². The van der Waals surface area contributed by atoms with Crippen LogP contribution in [0.3, 0.4) is 0 Å². The molecule has 0 atom stereocenters. The minimum atomic E-state index is -0.403. The number of aromatic nitrogens is 1. The predicted molar refractivity (Wildman–Crippen MR) is 57.3 cm³/mol. The van der Waals surface area contributed by atoms with Gasteiger partial charge in [-0.2, -0.15) is 0 Å². The quantitative estimate of drug-likeness (QED) is 0.774. The minimum Gasteiger partial charge on any atom is -0.358 e. The maximum atomic E-state index is 12.9. The van der Waals surface area contributed by atoms with Crippen LogP contribution >= 0.6 is 0 Å². The third-order valence-corrected chi connectivity index (χ3v) is 2.26. The van der Waals surface area contributed by atoms with E-state index in [9.17, 15) is 9.18 Å². The highest BCUT2D eigenvalue weighted by molar-refractivity contribution is 5.78. The van der Waals surface area contributed by atoms with E-state index in [2.05, 4.69) is 4.98 Å². The predicted octanol–water partition coefficient (Wildman–Crippen LogP) is 1.17. The fourth-order valence-electron chi connectivity index (χ4n) is 1.56. The molecule has 0 fully saturated rings. The van der Waals surface area contributed by atoms with Crippen LogP contribution < -0.4 is 11.2 Å². The van der Waals surface area contributed by atoms with Crippen LogP contribution in [0.15, 0.2) is 29.1 Å². The first-order chi connectivity index (χ1) is 7.20. The van der Waals surface area contributed by atoms with Crippen LogP contribution in [0.4, 0.5) is 4.39 Å². The van der Waals surface area contributed by atoms with E-state index in [0.29, 0.717) is 23.9 Å². The zero-order valence-electron chi connectivity index (χ0n) is 8.09. The maximum Gasteiger partial charge on any atom is 0.189 e. The molecule has 4 heteroatoms. The zero-order valence-corrected chi connectivity index (χ0v) is 8.09. The molecule has 1 aromatic carbocycles. The summed E-state index contributed by atoms with van der Waals surface area (Å²) in [6.07, 6.45) is 0.614. The van der Waals surface area contributed by atoms with Crippen molar-refractivity contribution >= 4 is 10.9 Å². The molecule has 3 nitrogen and oxygen atoms in total. The number of pyridine rings is 1. The van der Waals surface area contributed by atoms with Gasteiger partial charge in [0.1, 0.15) is 5.82 Å². The fourth-order valence-corrected chi connectivity index (χ4v) is 1.56. The molecular formula is C11H11FN2O. The van der Waals surface area contributed by atoms with Gasteiger partial charge in [0, 0.05) is 22.7 Å². The van der Waals surface area contributed by atoms with Crippen molar-refractivity contribution in [3.8, 4) is 0 Å². The Kier molecular flexibility index (Phi) is 2.51. The van der Waals surface area contributed by atoms with Gasteiger partial charge < -0.3 is 10.7 Å². The van der Waals surface area contributed by atoms with Gasteiger partial charge in [0.05, 0.1) is 0 Å². The Morgan fingerprint density at radius 3 is 2.87 bits per heavy atom. The van der Waals surface area contributed by atoms with Crippen LogP contribution in [-0.2, 0) is 6.42 Å². The summed E-state index contributed by atoms with van der Waals surface area (Å²) in [5, 5.41) is 0.371. The van der Waals surface area contributed by atoms with E-state index in [1.54, 1.807) is 6.07 Å². The molecule has 0 radical (unpaired) electrons. The molecule has 0 saturated heterocycles. The summed E-state index contributed by atoms with van der Waals surface area (Å²) in [5.74, 6) is -0.403. The van der Waals surface area contributed by atoms with Crippen molar-refractivity contribution in [3.63, 3.8) is 0 Å². The molecule has 0 aliphatic rings. The van der Waals surface area contributed by atoms with Gasteiger partial charge >= 0.3 is 0 Å². The lowest BCUT2D eigenvalue weighted by Gasteiger charge is -2.02. The normalized spacial score (nSPS) is 10.8. The number of H-pyrrole nitrogens is 1. The van der Waals surface area contributed by atoms with E-state index < -0.39 is 5.82 Å². The Balaban J connectivity index is 2.67. The summed E-state index contributed by atoms with van der Waals surface area (Å²) >= 11 is 0. The number of fused-ring (bicyclic) bond motifs is 1. The molecule has 0 aliphatic carbocycles.